The van der Waals surface area contributed by atoms with Crippen molar-refractivity contribution in [2.24, 2.45) is 0 Å². The van der Waals surface area contributed by atoms with Gasteiger partial charge in [0.2, 0.25) is 5.91 Å². The smallest absolute Gasteiger partial charge is 0.234 e. The van der Waals surface area contributed by atoms with Crippen LogP contribution in [0.3, 0.4) is 0 Å². The minimum absolute atomic E-state index is 0.154. The molecule has 0 aliphatic heterocycles. The van der Waals surface area contributed by atoms with Crippen molar-refractivity contribution in [1.29, 1.82) is 0 Å². The lowest BCUT2D eigenvalue weighted by Crippen LogP contribution is -2.14. The number of thioether (sulfide) groups is 1. The number of benzene rings is 3. The van der Waals surface area contributed by atoms with Crippen LogP contribution in [0.25, 0.3) is 17.1 Å². The molecule has 1 aromatic heterocycles. The Morgan fingerprint density at radius 2 is 1.67 bits per heavy atom. The molecule has 0 spiro atoms. The quantitative estimate of drug-likeness (QED) is 0.343. The van der Waals surface area contributed by atoms with Gasteiger partial charge in [-0.25, -0.2) is 0 Å². The fourth-order valence-corrected chi connectivity index (χ4v) is 4.04. The molecule has 1 amide bonds. The van der Waals surface area contributed by atoms with Gasteiger partial charge in [-0.3, -0.25) is 9.36 Å². The lowest BCUT2D eigenvalue weighted by molar-refractivity contribution is -0.113. The maximum Gasteiger partial charge on any atom is 0.234 e. The Balaban J connectivity index is 1.60. The molecule has 0 unspecified atom stereocenters. The number of amides is 1. The van der Waals surface area contributed by atoms with Crippen molar-refractivity contribution in [3.8, 4) is 28.6 Å². The van der Waals surface area contributed by atoms with Gasteiger partial charge in [0, 0.05) is 28.0 Å². The van der Waals surface area contributed by atoms with Gasteiger partial charge in [0.05, 0.1) is 20.0 Å². The molecule has 0 aliphatic rings. The summed E-state index contributed by atoms with van der Waals surface area (Å²) in [5, 5.41) is 12.8. The van der Waals surface area contributed by atoms with Crippen molar-refractivity contribution < 1.29 is 14.3 Å². The molecule has 1 N–H and O–H groups in total. The fourth-order valence-electron chi connectivity index (χ4n) is 3.16. The molecule has 0 bridgehead atoms. The van der Waals surface area contributed by atoms with Crippen molar-refractivity contribution in [2.75, 3.05) is 25.3 Å². The van der Waals surface area contributed by atoms with Crippen LogP contribution >= 0.6 is 23.4 Å². The molecule has 0 saturated carbocycles. The normalized spacial score (nSPS) is 10.6. The summed E-state index contributed by atoms with van der Waals surface area (Å²) in [7, 11) is 3.20. The maximum absolute atomic E-state index is 12.6. The first-order chi connectivity index (χ1) is 16.1. The highest BCUT2D eigenvalue weighted by molar-refractivity contribution is 7.99. The predicted molar refractivity (Wildman–Crippen MR) is 131 cm³/mol. The van der Waals surface area contributed by atoms with Crippen molar-refractivity contribution in [3.63, 3.8) is 0 Å². The number of aromatic nitrogens is 3. The molecule has 0 aliphatic carbocycles. The molecule has 0 fully saturated rings. The number of methoxy groups -OCH3 is 2. The van der Waals surface area contributed by atoms with Gasteiger partial charge in [-0.15, -0.1) is 10.2 Å². The summed E-state index contributed by atoms with van der Waals surface area (Å²) in [5.41, 5.74) is 2.33. The summed E-state index contributed by atoms with van der Waals surface area (Å²) in [6.07, 6.45) is 0. The van der Waals surface area contributed by atoms with E-state index in [0.717, 1.165) is 11.3 Å². The van der Waals surface area contributed by atoms with Gasteiger partial charge in [-0.1, -0.05) is 41.6 Å². The third-order valence-corrected chi connectivity index (χ3v) is 5.91. The van der Waals surface area contributed by atoms with Crippen LogP contribution in [0.5, 0.6) is 11.5 Å². The number of nitrogens with zero attached hydrogens (tertiary/aromatic N) is 3. The lowest BCUT2D eigenvalue weighted by atomic mass is 10.2. The Hall–Kier alpha value is -3.49. The van der Waals surface area contributed by atoms with E-state index in [0.29, 0.717) is 33.2 Å². The zero-order valence-electron chi connectivity index (χ0n) is 18.0. The molecule has 0 atom stereocenters. The summed E-state index contributed by atoms with van der Waals surface area (Å²) >= 11 is 7.38. The van der Waals surface area contributed by atoms with Crippen LogP contribution in [0.15, 0.2) is 78.0 Å². The second-order valence-electron chi connectivity index (χ2n) is 6.92. The molecule has 3 aromatic carbocycles. The Labute approximate surface area is 200 Å². The molecule has 9 heteroatoms. The topological polar surface area (TPSA) is 78.3 Å². The number of anilines is 1. The molecule has 168 valence electrons. The molecular formula is C24H21ClN4O3S. The number of rotatable bonds is 8. The van der Waals surface area contributed by atoms with Crippen LogP contribution in [0.1, 0.15) is 0 Å². The van der Waals surface area contributed by atoms with Gasteiger partial charge >= 0.3 is 0 Å². The first-order valence-electron chi connectivity index (χ1n) is 10.00. The van der Waals surface area contributed by atoms with Crippen LogP contribution in [-0.4, -0.2) is 40.6 Å². The van der Waals surface area contributed by atoms with E-state index in [1.807, 2.05) is 59.2 Å². The molecular weight excluding hydrogens is 460 g/mol. The summed E-state index contributed by atoms with van der Waals surface area (Å²) in [4.78, 5) is 12.6. The molecule has 4 rings (SSSR count). The predicted octanol–water partition coefficient (Wildman–Crippen LogP) is 5.34. The van der Waals surface area contributed by atoms with Gasteiger partial charge in [-0.2, -0.15) is 0 Å². The zero-order valence-corrected chi connectivity index (χ0v) is 19.6. The minimum Gasteiger partial charge on any atom is -0.497 e. The van der Waals surface area contributed by atoms with Crippen LogP contribution in [0.4, 0.5) is 5.69 Å². The van der Waals surface area contributed by atoms with Crippen LogP contribution in [-0.2, 0) is 4.79 Å². The number of hydrogen-bond acceptors (Lipinski definition) is 6. The Morgan fingerprint density at radius 1 is 0.970 bits per heavy atom. The Kier molecular flexibility index (Phi) is 7.16. The molecule has 4 aromatic rings. The van der Waals surface area contributed by atoms with Crippen molar-refractivity contribution in [1.82, 2.24) is 14.8 Å². The monoisotopic (exact) mass is 480 g/mol. The first-order valence-corrected chi connectivity index (χ1v) is 11.4. The standard InChI is InChI=1S/C24H21ClN4O3S/c1-31-20-7-3-5-16(13-20)23-27-28-24(29(23)19-11-9-17(25)10-12-19)33-15-22(30)26-18-6-4-8-21(14-18)32-2/h3-14H,15H2,1-2H3,(H,26,30). The van der Waals surface area contributed by atoms with Crippen LogP contribution < -0.4 is 14.8 Å². The van der Waals surface area contributed by atoms with Gasteiger partial charge in [0.15, 0.2) is 11.0 Å². The number of nitrogens with one attached hydrogen (secondary N) is 1. The minimum atomic E-state index is -0.165. The Morgan fingerprint density at radius 3 is 2.39 bits per heavy atom. The average Bonchev–Trinajstić information content (AvgIpc) is 3.27. The van der Waals surface area contributed by atoms with Crippen molar-refractivity contribution in [3.05, 3.63) is 77.8 Å². The van der Waals surface area contributed by atoms with Crippen LogP contribution in [0.2, 0.25) is 5.02 Å². The van der Waals surface area contributed by atoms with E-state index in [1.165, 1.54) is 11.8 Å². The van der Waals surface area contributed by atoms with E-state index in [1.54, 1.807) is 32.4 Å². The van der Waals surface area contributed by atoms with E-state index in [-0.39, 0.29) is 11.7 Å². The van der Waals surface area contributed by atoms with E-state index in [2.05, 4.69) is 15.5 Å². The fraction of sp³-hybridized carbons (Fsp3) is 0.125. The number of halogens is 1. The number of ether oxygens (including phenoxy) is 2. The third kappa shape index (κ3) is 5.47. The van der Waals surface area contributed by atoms with Gasteiger partial charge in [-0.05, 0) is 48.5 Å². The first kappa shape index (κ1) is 22.7. The van der Waals surface area contributed by atoms with Crippen LogP contribution in [0, 0.1) is 0 Å². The summed E-state index contributed by atoms with van der Waals surface area (Å²) in [6, 6.07) is 22.2. The maximum atomic E-state index is 12.6. The summed E-state index contributed by atoms with van der Waals surface area (Å²) in [6.45, 7) is 0. The molecule has 0 saturated heterocycles. The highest BCUT2D eigenvalue weighted by Gasteiger charge is 2.18. The number of carbonyl (C=O) groups excluding carboxylic acids is 1. The molecule has 33 heavy (non-hydrogen) atoms. The van der Waals surface area contributed by atoms with Gasteiger partial charge in [0.1, 0.15) is 11.5 Å². The zero-order chi connectivity index (χ0) is 23.2. The van der Waals surface area contributed by atoms with E-state index < -0.39 is 0 Å². The summed E-state index contributed by atoms with van der Waals surface area (Å²) in [5.74, 6) is 2.01. The highest BCUT2D eigenvalue weighted by atomic mass is 35.5. The average molecular weight is 481 g/mol. The Bertz CT molecular complexity index is 1260. The molecule has 7 nitrogen and oxygen atoms in total. The molecule has 0 radical (unpaired) electrons. The van der Waals surface area contributed by atoms with Gasteiger partial charge in [0.25, 0.3) is 0 Å². The van der Waals surface area contributed by atoms with E-state index >= 15 is 0 Å². The van der Waals surface area contributed by atoms with Crippen molar-refractivity contribution in [2.45, 2.75) is 5.16 Å². The number of hydrogen-bond donors (Lipinski definition) is 1. The number of carbonyl (C=O) groups is 1. The molecule has 1 heterocycles. The second kappa shape index (κ2) is 10.4. The largest absolute Gasteiger partial charge is 0.497 e. The summed E-state index contributed by atoms with van der Waals surface area (Å²) < 4.78 is 12.5. The van der Waals surface area contributed by atoms with Gasteiger partial charge < -0.3 is 14.8 Å². The van der Waals surface area contributed by atoms with Crippen molar-refractivity contribution >= 4 is 35.0 Å². The second-order valence-corrected chi connectivity index (χ2v) is 8.30. The highest BCUT2D eigenvalue weighted by Crippen LogP contribution is 2.30. The SMILES string of the molecule is COc1cccc(NC(=O)CSc2nnc(-c3cccc(OC)c3)n2-c2ccc(Cl)cc2)c1. The van der Waals surface area contributed by atoms with E-state index in [4.69, 9.17) is 21.1 Å². The third-order valence-electron chi connectivity index (χ3n) is 4.73. The lowest BCUT2D eigenvalue weighted by Gasteiger charge is -2.11. The van der Waals surface area contributed by atoms with E-state index in [9.17, 15) is 4.79 Å².